The van der Waals surface area contributed by atoms with E-state index in [4.69, 9.17) is 0 Å². The van der Waals surface area contributed by atoms with Gasteiger partial charge >= 0.3 is 0 Å². The van der Waals surface area contributed by atoms with E-state index in [0.717, 1.165) is 0 Å². The van der Waals surface area contributed by atoms with Gasteiger partial charge in [0, 0.05) is 5.75 Å². The fourth-order valence-corrected chi connectivity index (χ4v) is 2.49. The number of rotatable bonds is 3. The average molecular weight is 208 g/mol. The first kappa shape index (κ1) is 12.9. The van der Waals surface area contributed by atoms with Crippen molar-refractivity contribution in [3.05, 3.63) is 0 Å². The van der Waals surface area contributed by atoms with Crippen molar-refractivity contribution in [2.75, 3.05) is 5.75 Å². The molecule has 3 nitrogen and oxygen atoms in total. The van der Waals surface area contributed by atoms with Crippen LogP contribution in [-0.2, 0) is 9.84 Å². The van der Waals surface area contributed by atoms with Crippen molar-refractivity contribution < 1.29 is 13.5 Å². The van der Waals surface area contributed by atoms with Gasteiger partial charge < -0.3 is 5.11 Å². The minimum absolute atomic E-state index is 0.0846. The zero-order chi connectivity index (χ0) is 10.9. The van der Waals surface area contributed by atoms with Crippen LogP contribution in [0.5, 0.6) is 0 Å². The molecule has 4 heteroatoms. The third-order valence-electron chi connectivity index (χ3n) is 2.30. The Labute approximate surface area is 81.1 Å². The Kier molecular flexibility index (Phi) is 3.94. The van der Waals surface area contributed by atoms with E-state index in [1.807, 2.05) is 20.8 Å². The molecule has 0 saturated heterocycles. The van der Waals surface area contributed by atoms with Crippen molar-refractivity contribution in [2.24, 2.45) is 5.41 Å². The fourth-order valence-electron chi connectivity index (χ4n) is 1.16. The normalized spacial score (nSPS) is 18.3. The molecule has 0 heterocycles. The summed E-state index contributed by atoms with van der Waals surface area (Å²) in [6, 6.07) is 0. The van der Waals surface area contributed by atoms with E-state index < -0.39 is 21.2 Å². The number of sulfone groups is 1. The molecule has 0 saturated carbocycles. The lowest BCUT2D eigenvalue weighted by Gasteiger charge is -2.30. The Morgan fingerprint density at radius 1 is 1.31 bits per heavy atom. The maximum Gasteiger partial charge on any atom is 0.155 e. The van der Waals surface area contributed by atoms with Gasteiger partial charge in [0.05, 0.1) is 11.4 Å². The van der Waals surface area contributed by atoms with Crippen LogP contribution in [0.3, 0.4) is 0 Å². The SMILES string of the molecule is CCS(=O)(=O)C(C)C(O)C(C)(C)C. The highest BCUT2D eigenvalue weighted by atomic mass is 32.2. The summed E-state index contributed by atoms with van der Waals surface area (Å²) in [6.45, 7) is 8.66. The molecule has 0 fully saturated rings. The van der Waals surface area contributed by atoms with Gasteiger partial charge in [0.1, 0.15) is 0 Å². The average Bonchev–Trinajstić information content (AvgIpc) is 2.00. The Balaban J connectivity index is 4.73. The molecular weight excluding hydrogens is 188 g/mol. The predicted molar refractivity (Wildman–Crippen MR) is 54.4 cm³/mol. The first-order valence-electron chi connectivity index (χ1n) is 4.52. The van der Waals surface area contributed by atoms with E-state index in [-0.39, 0.29) is 11.2 Å². The summed E-state index contributed by atoms with van der Waals surface area (Å²) in [4.78, 5) is 0. The van der Waals surface area contributed by atoms with Gasteiger partial charge in [-0.3, -0.25) is 0 Å². The van der Waals surface area contributed by atoms with Crippen molar-refractivity contribution in [1.29, 1.82) is 0 Å². The van der Waals surface area contributed by atoms with Crippen LogP contribution in [0.2, 0.25) is 0 Å². The van der Waals surface area contributed by atoms with Crippen LogP contribution in [0.1, 0.15) is 34.6 Å². The van der Waals surface area contributed by atoms with Gasteiger partial charge in [-0.25, -0.2) is 8.42 Å². The van der Waals surface area contributed by atoms with Crippen LogP contribution in [0.25, 0.3) is 0 Å². The van der Waals surface area contributed by atoms with Crippen molar-refractivity contribution >= 4 is 9.84 Å². The summed E-state index contributed by atoms with van der Waals surface area (Å²) in [5, 5.41) is 9.06. The Hall–Kier alpha value is -0.0900. The summed E-state index contributed by atoms with van der Waals surface area (Å²) in [5.74, 6) is 0.0846. The van der Waals surface area contributed by atoms with Crippen molar-refractivity contribution in [3.8, 4) is 0 Å². The van der Waals surface area contributed by atoms with Crippen LogP contribution < -0.4 is 0 Å². The summed E-state index contributed by atoms with van der Waals surface area (Å²) >= 11 is 0. The highest BCUT2D eigenvalue weighted by Gasteiger charge is 2.34. The van der Waals surface area contributed by atoms with Gasteiger partial charge in [-0.1, -0.05) is 27.7 Å². The second-order valence-electron chi connectivity index (χ2n) is 4.47. The predicted octanol–water partition coefficient (Wildman–Crippen LogP) is 1.22. The molecule has 0 aliphatic heterocycles. The number of aliphatic hydroxyl groups is 1. The number of hydrogen-bond acceptors (Lipinski definition) is 3. The first-order chi connectivity index (χ1) is 5.63. The molecule has 0 amide bonds. The lowest BCUT2D eigenvalue weighted by Crippen LogP contribution is -2.41. The molecule has 80 valence electrons. The van der Waals surface area contributed by atoms with E-state index in [2.05, 4.69) is 0 Å². The van der Waals surface area contributed by atoms with Crippen molar-refractivity contribution in [2.45, 2.75) is 46.0 Å². The molecule has 2 atom stereocenters. The Morgan fingerprint density at radius 3 is 1.92 bits per heavy atom. The van der Waals surface area contributed by atoms with Gasteiger partial charge in [0.2, 0.25) is 0 Å². The van der Waals surface area contributed by atoms with E-state index in [0.29, 0.717) is 0 Å². The summed E-state index contributed by atoms with van der Waals surface area (Å²) < 4.78 is 22.9. The molecular formula is C9H20O3S. The second kappa shape index (κ2) is 3.96. The van der Waals surface area contributed by atoms with E-state index in [1.165, 1.54) is 0 Å². The van der Waals surface area contributed by atoms with Crippen LogP contribution in [0, 0.1) is 5.41 Å². The lowest BCUT2D eigenvalue weighted by atomic mass is 9.87. The van der Waals surface area contributed by atoms with Crippen molar-refractivity contribution in [3.63, 3.8) is 0 Å². The number of aliphatic hydroxyl groups excluding tert-OH is 1. The zero-order valence-electron chi connectivity index (χ0n) is 9.03. The first-order valence-corrected chi connectivity index (χ1v) is 6.24. The van der Waals surface area contributed by atoms with Crippen LogP contribution in [-0.4, -0.2) is 30.6 Å². The number of hydrogen-bond donors (Lipinski definition) is 1. The second-order valence-corrected chi connectivity index (χ2v) is 7.11. The summed E-state index contributed by atoms with van der Waals surface area (Å²) in [7, 11) is -3.13. The maximum absolute atomic E-state index is 11.4. The topological polar surface area (TPSA) is 54.4 Å². The molecule has 1 N–H and O–H groups in total. The quantitative estimate of drug-likeness (QED) is 0.758. The van der Waals surface area contributed by atoms with Crippen LogP contribution >= 0.6 is 0 Å². The molecule has 0 aromatic heterocycles. The maximum atomic E-state index is 11.4. The van der Waals surface area contributed by atoms with E-state index in [1.54, 1.807) is 13.8 Å². The minimum Gasteiger partial charge on any atom is -0.391 e. The molecule has 0 aliphatic rings. The van der Waals surface area contributed by atoms with Gasteiger partial charge in [-0.05, 0) is 12.3 Å². The molecule has 0 rings (SSSR count). The van der Waals surface area contributed by atoms with E-state index in [9.17, 15) is 13.5 Å². The van der Waals surface area contributed by atoms with Crippen LogP contribution in [0.4, 0.5) is 0 Å². The van der Waals surface area contributed by atoms with E-state index >= 15 is 0 Å². The van der Waals surface area contributed by atoms with Crippen LogP contribution in [0.15, 0.2) is 0 Å². The molecule has 0 aromatic carbocycles. The Bertz CT molecular complexity index is 249. The molecule has 13 heavy (non-hydrogen) atoms. The summed E-state index contributed by atoms with van der Waals surface area (Å²) in [6.07, 6.45) is -0.808. The molecule has 0 aliphatic carbocycles. The summed E-state index contributed by atoms with van der Waals surface area (Å²) in [5.41, 5.74) is -0.387. The zero-order valence-corrected chi connectivity index (χ0v) is 9.85. The third kappa shape index (κ3) is 3.27. The standard InChI is InChI=1S/C9H20O3S/c1-6-13(11,12)7(2)8(10)9(3,4)5/h7-8,10H,6H2,1-5H3. The highest BCUT2D eigenvalue weighted by molar-refractivity contribution is 7.92. The van der Waals surface area contributed by atoms with Gasteiger partial charge in [0.15, 0.2) is 9.84 Å². The van der Waals surface area contributed by atoms with Crippen molar-refractivity contribution in [1.82, 2.24) is 0 Å². The lowest BCUT2D eigenvalue weighted by molar-refractivity contribution is 0.0626. The smallest absolute Gasteiger partial charge is 0.155 e. The molecule has 0 aromatic rings. The van der Waals surface area contributed by atoms with Gasteiger partial charge in [-0.15, -0.1) is 0 Å². The molecule has 0 radical (unpaired) electrons. The fraction of sp³-hybridized carbons (Fsp3) is 1.00. The highest BCUT2D eigenvalue weighted by Crippen LogP contribution is 2.25. The molecule has 2 unspecified atom stereocenters. The third-order valence-corrected chi connectivity index (χ3v) is 4.50. The van der Waals surface area contributed by atoms with Gasteiger partial charge in [0.25, 0.3) is 0 Å². The monoisotopic (exact) mass is 208 g/mol. The Morgan fingerprint density at radius 2 is 1.69 bits per heavy atom. The largest absolute Gasteiger partial charge is 0.391 e. The molecule has 0 bridgehead atoms. The minimum atomic E-state index is -3.13. The van der Waals surface area contributed by atoms with Gasteiger partial charge in [-0.2, -0.15) is 0 Å². The molecule has 0 spiro atoms.